The number of hydrogen-bond acceptors (Lipinski definition) is 3. The lowest BCUT2D eigenvalue weighted by molar-refractivity contribution is -0.153. The average Bonchev–Trinajstić information content (AvgIpc) is 2.67. The summed E-state index contributed by atoms with van der Waals surface area (Å²) in [6.07, 6.45) is 1.08. The Morgan fingerprint density at radius 2 is 2.11 bits per heavy atom. The summed E-state index contributed by atoms with van der Waals surface area (Å²) in [6.45, 7) is 0.421. The lowest BCUT2D eigenvalue weighted by Gasteiger charge is -2.35. The fourth-order valence-corrected chi connectivity index (χ4v) is 3.95. The highest BCUT2D eigenvalue weighted by Gasteiger charge is 2.36. The molecule has 3 rings (SSSR count). The van der Waals surface area contributed by atoms with Crippen molar-refractivity contribution in [2.24, 2.45) is 0 Å². The molecule has 0 N–H and O–H groups in total. The van der Waals surface area contributed by atoms with Crippen LogP contribution in [-0.4, -0.2) is 30.4 Å². The first-order valence-corrected chi connectivity index (χ1v) is 9.68. The van der Waals surface area contributed by atoms with Gasteiger partial charge in [0.05, 0.1) is 12.1 Å². The Labute approximate surface area is 170 Å². The Hall–Kier alpha value is -1.92. The third-order valence-corrected chi connectivity index (χ3v) is 5.64. The lowest BCUT2D eigenvalue weighted by atomic mass is 9.92. The molecule has 1 unspecified atom stereocenters. The maximum Gasteiger partial charge on any atom is 0.333 e. The number of amides is 1. The summed E-state index contributed by atoms with van der Waals surface area (Å²) in [5.74, 6) is -1.19. The zero-order chi connectivity index (χ0) is 19.6. The molecule has 4 nitrogen and oxygen atoms in total. The van der Waals surface area contributed by atoms with Crippen LogP contribution in [0.2, 0.25) is 5.02 Å². The van der Waals surface area contributed by atoms with E-state index in [0.29, 0.717) is 24.9 Å². The average molecular weight is 455 g/mol. The van der Waals surface area contributed by atoms with E-state index in [1.165, 1.54) is 18.1 Å². The van der Waals surface area contributed by atoms with Gasteiger partial charge in [-0.25, -0.2) is 9.18 Å². The fraction of sp³-hybridized carbons (Fsp3) is 0.300. The summed E-state index contributed by atoms with van der Waals surface area (Å²) < 4.78 is 19.4. The van der Waals surface area contributed by atoms with Crippen molar-refractivity contribution in [1.82, 2.24) is 4.90 Å². The van der Waals surface area contributed by atoms with Gasteiger partial charge in [0.2, 0.25) is 5.91 Å². The Morgan fingerprint density at radius 1 is 1.33 bits per heavy atom. The second-order valence-electron chi connectivity index (χ2n) is 6.32. The van der Waals surface area contributed by atoms with Crippen molar-refractivity contribution in [1.29, 1.82) is 0 Å². The molecule has 0 saturated carbocycles. The maximum absolute atomic E-state index is 13.6. The molecule has 27 heavy (non-hydrogen) atoms. The number of halogens is 3. The first kappa shape index (κ1) is 19.8. The minimum Gasteiger partial charge on any atom is -0.467 e. The SMILES string of the molecule is COC(=O)C1c2cc(Br)ccc2CCN1C(=O)CCc1cccc(F)c1Cl. The summed E-state index contributed by atoms with van der Waals surface area (Å²) in [5, 5.41) is 0.0303. The number of ether oxygens (including phenoxy) is 1. The summed E-state index contributed by atoms with van der Waals surface area (Å²) in [7, 11) is 1.31. The fourth-order valence-electron chi connectivity index (χ4n) is 3.35. The Kier molecular flexibility index (Phi) is 6.17. The molecule has 142 valence electrons. The highest BCUT2D eigenvalue weighted by molar-refractivity contribution is 9.10. The standard InChI is InChI=1S/C20H18BrClFNO3/c1-27-20(26)19-15-11-14(21)7-5-12(15)9-10-24(19)17(25)8-6-13-3-2-4-16(23)18(13)22/h2-5,7,11,19H,6,8-10H2,1H3. The van der Waals surface area contributed by atoms with Crippen molar-refractivity contribution in [3.63, 3.8) is 0 Å². The maximum atomic E-state index is 13.6. The molecule has 0 aliphatic carbocycles. The van der Waals surface area contributed by atoms with E-state index in [1.54, 1.807) is 12.1 Å². The molecule has 1 aliphatic heterocycles. The number of methoxy groups -OCH3 is 1. The molecule has 0 fully saturated rings. The van der Waals surface area contributed by atoms with Gasteiger partial charge in [-0.05, 0) is 47.7 Å². The summed E-state index contributed by atoms with van der Waals surface area (Å²) in [5.41, 5.74) is 2.35. The van der Waals surface area contributed by atoms with E-state index in [4.69, 9.17) is 16.3 Å². The van der Waals surface area contributed by atoms with E-state index in [0.717, 1.165) is 15.6 Å². The van der Waals surface area contributed by atoms with E-state index in [9.17, 15) is 14.0 Å². The van der Waals surface area contributed by atoms with Crippen LogP contribution in [0.25, 0.3) is 0 Å². The Balaban J connectivity index is 1.82. The molecule has 0 bridgehead atoms. The van der Waals surface area contributed by atoms with Crippen LogP contribution in [0.3, 0.4) is 0 Å². The Bertz CT molecular complexity index is 890. The zero-order valence-corrected chi connectivity index (χ0v) is 17.0. The second kappa shape index (κ2) is 8.40. The molecule has 1 aliphatic rings. The van der Waals surface area contributed by atoms with Crippen molar-refractivity contribution < 1.29 is 18.7 Å². The van der Waals surface area contributed by atoms with Gasteiger partial charge in [-0.15, -0.1) is 0 Å². The number of rotatable bonds is 4. The summed E-state index contributed by atoms with van der Waals surface area (Å²) >= 11 is 9.39. The quantitative estimate of drug-likeness (QED) is 0.640. The smallest absolute Gasteiger partial charge is 0.333 e. The summed E-state index contributed by atoms with van der Waals surface area (Å²) in [6, 6.07) is 9.46. The molecular formula is C20H18BrClFNO3. The van der Waals surface area contributed by atoms with Gasteiger partial charge in [0.25, 0.3) is 0 Å². The third kappa shape index (κ3) is 4.17. The molecule has 1 amide bonds. The van der Waals surface area contributed by atoms with E-state index in [1.807, 2.05) is 18.2 Å². The number of hydrogen-bond donors (Lipinski definition) is 0. The van der Waals surface area contributed by atoms with Crippen LogP contribution in [0.5, 0.6) is 0 Å². The second-order valence-corrected chi connectivity index (χ2v) is 7.61. The molecular weight excluding hydrogens is 437 g/mol. The highest BCUT2D eigenvalue weighted by Crippen LogP contribution is 2.33. The predicted molar refractivity (Wildman–Crippen MR) is 104 cm³/mol. The molecule has 0 radical (unpaired) electrons. The van der Waals surface area contributed by atoms with Crippen LogP contribution in [-0.2, 0) is 27.2 Å². The van der Waals surface area contributed by atoms with Gasteiger partial charge in [-0.1, -0.05) is 45.7 Å². The van der Waals surface area contributed by atoms with Crippen LogP contribution in [0.15, 0.2) is 40.9 Å². The lowest BCUT2D eigenvalue weighted by Crippen LogP contribution is -2.44. The van der Waals surface area contributed by atoms with Crippen LogP contribution < -0.4 is 0 Å². The molecule has 1 atom stereocenters. The van der Waals surface area contributed by atoms with E-state index < -0.39 is 17.8 Å². The monoisotopic (exact) mass is 453 g/mol. The first-order valence-electron chi connectivity index (χ1n) is 8.51. The van der Waals surface area contributed by atoms with Gasteiger partial charge in [0.1, 0.15) is 5.82 Å². The molecule has 0 saturated heterocycles. The molecule has 0 spiro atoms. The van der Waals surface area contributed by atoms with Gasteiger partial charge in [0, 0.05) is 17.4 Å². The van der Waals surface area contributed by atoms with Gasteiger partial charge in [-0.2, -0.15) is 0 Å². The van der Waals surface area contributed by atoms with E-state index in [-0.39, 0.29) is 17.4 Å². The van der Waals surface area contributed by atoms with Gasteiger partial charge >= 0.3 is 5.97 Å². The Morgan fingerprint density at radius 3 is 2.85 bits per heavy atom. The number of benzene rings is 2. The van der Waals surface area contributed by atoms with Gasteiger partial charge < -0.3 is 9.64 Å². The predicted octanol–water partition coefficient (Wildman–Crippen LogP) is 4.47. The number of aryl methyl sites for hydroxylation is 1. The minimum absolute atomic E-state index is 0.0303. The first-order chi connectivity index (χ1) is 12.9. The molecule has 2 aromatic carbocycles. The number of esters is 1. The minimum atomic E-state index is -0.785. The number of carbonyl (C=O) groups excluding carboxylic acids is 2. The topological polar surface area (TPSA) is 46.6 Å². The molecule has 0 aromatic heterocycles. The van der Waals surface area contributed by atoms with Crippen LogP contribution in [0.1, 0.15) is 29.2 Å². The highest BCUT2D eigenvalue weighted by atomic mass is 79.9. The van der Waals surface area contributed by atoms with Crippen molar-refractivity contribution in [2.45, 2.75) is 25.3 Å². The number of nitrogens with zero attached hydrogens (tertiary/aromatic N) is 1. The molecule has 2 aromatic rings. The van der Waals surface area contributed by atoms with Gasteiger partial charge in [-0.3, -0.25) is 4.79 Å². The van der Waals surface area contributed by atoms with Crippen molar-refractivity contribution in [2.75, 3.05) is 13.7 Å². The number of fused-ring (bicyclic) bond motifs is 1. The zero-order valence-electron chi connectivity index (χ0n) is 14.7. The molecule has 1 heterocycles. The van der Waals surface area contributed by atoms with Gasteiger partial charge in [0.15, 0.2) is 6.04 Å². The largest absolute Gasteiger partial charge is 0.467 e. The number of carbonyl (C=O) groups is 2. The van der Waals surface area contributed by atoms with E-state index >= 15 is 0 Å². The van der Waals surface area contributed by atoms with Crippen LogP contribution in [0, 0.1) is 5.82 Å². The van der Waals surface area contributed by atoms with Crippen LogP contribution in [0.4, 0.5) is 4.39 Å². The van der Waals surface area contributed by atoms with Crippen LogP contribution >= 0.6 is 27.5 Å². The summed E-state index contributed by atoms with van der Waals surface area (Å²) in [4.78, 5) is 26.8. The van der Waals surface area contributed by atoms with Crippen molar-refractivity contribution in [3.05, 3.63) is 68.4 Å². The van der Waals surface area contributed by atoms with Crippen molar-refractivity contribution >= 4 is 39.4 Å². The van der Waals surface area contributed by atoms with Crippen molar-refractivity contribution in [3.8, 4) is 0 Å². The molecule has 7 heteroatoms. The third-order valence-electron chi connectivity index (χ3n) is 4.72. The van der Waals surface area contributed by atoms with E-state index in [2.05, 4.69) is 15.9 Å². The normalized spacial score (nSPS) is 16.0.